The fourth-order valence-corrected chi connectivity index (χ4v) is 4.37. The minimum absolute atomic E-state index is 0.176. The smallest absolute Gasteiger partial charge is 0.457 e. The first-order chi connectivity index (χ1) is 17.0. The van der Waals surface area contributed by atoms with E-state index in [2.05, 4.69) is 9.51 Å². The molecule has 0 aliphatic carbocycles. The van der Waals surface area contributed by atoms with E-state index in [4.69, 9.17) is 43.1 Å². The highest BCUT2D eigenvalue weighted by Crippen LogP contribution is 2.38. The monoisotopic (exact) mass is 556 g/mol. The van der Waals surface area contributed by atoms with Crippen LogP contribution in [0.3, 0.4) is 0 Å². The van der Waals surface area contributed by atoms with Crippen LogP contribution in [0.2, 0.25) is 5.02 Å². The van der Waals surface area contributed by atoms with Crippen LogP contribution in [0.4, 0.5) is 0 Å². The maximum Gasteiger partial charge on any atom is 0.469 e. The van der Waals surface area contributed by atoms with Crippen molar-refractivity contribution in [3.8, 4) is 11.5 Å². The molecule has 1 aliphatic rings. The molecule has 0 bridgehead atoms. The minimum Gasteiger partial charge on any atom is -0.457 e. The molecule has 2 heterocycles. The lowest BCUT2D eigenvalue weighted by molar-refractivity contribution is -0.0543. The SMILES string of the molecule is O=c1[nH]c(=S)c(Cc2cccc(Oc3ccc(Cl)cc3)c2)cn1[C@@H]1O[C@H](COP(=O)(O)O)[C@@H](O)[C@H]1O. The van der Waals surface area contributed by atoms with Gasteiger partial charge in [-0.25, -0.2) is 9.36 Å². The number of aromatic nitrogens is 2. The molecule has 11 nitrogen and oxygen atoms in total. The summed E-state index contributed by atoms with van der Waals surface area (Å²) in [4.78, 5) is 32.9. The van der Waals surface area contributed by atoms with Crippen LogP contribution in [-0.4, -0.2) is 54.5 Å². The van der Waals surface area contributed by atoms with Crippen molar-refractivity contribution in [2.45, 2.75) is 31.0 Å². The van der Waals surface area contributed by atoms with E-state index >= 15 is 0 Å². The molecule has 0 spiro atoms. The largest absolute Gasteiger partial charge is 0.469 e. The summed E-state index contributed by atoms with van der Waals surface area (Å²) in [5, 5.41) is 21.2. The van der Waals surface area contributed by atoms with E-state index in [9.17, 15) is 19.6 Å². The Balaban J connectivity index is 1.54. The number of benzene rings is 2. The van der Waals surface area contributed by atoms with Gasteiger partial charge < -0.3 is 29.5 Å². The summed E-state index contributed by atoms with van der Waals surface area (Å²) < 4.78 is 27.9. The number of hydrogen-bond acceptors (Lipinski definition) is 8. The molecule has 5 N–H and O–H groups in total. The van der Waals surface area contributed by atoms with Gasteiger partial charge in [-0.15, -0.1) is 0 Å². The van der Waals surface area contributed by atoms with Gasteiger partial charge in [0.25, 0.3) is 0 Å². The van der Waals surface area contributed by atoms with E-state index in [1.807, 2.05) is 6.07 Å². The van der Waals surface area contributed by atoms with Gasteiger partial charge in [-0.3, -0.25) is 14.1 Å². The lowest BCUT2D eigenvalue weighted by Crippen LogP contribution is -2.36. The van der Waals surface area contributed by atoms with Gasteiger partial charge in [0.1, 0.15) is 34.5 Å². The second-order valence-corrected chi connectivity index (χ2v) is 10.1. The highest BCUT2D eigenvalue weighted by molar-refractivity contribution is 7.71. The zero-order chi connectivity index (χ0) is 26.0. The van der Waals surface area contributed by atoms with E-state index < -0.39 is 44.7 Å². The maximum absolute atomic E-state index is 12.6. The summed E-state index contributed by atoms with van der Waals surface area (Å²) in [7, 11) is -4.83. The fraction of sp³-hybridized carbons (Fsp3) is 0.273. The van der Waals surface area contributed by atoms with Gasteiger partial charge in [0.05, 0.1) is 6.61 Å². The van der Waals surface area contributed by atoms with Crippen molar-refractivity contribution in [2.24, 2.45) is 0 Å². The second-order valence-electron chi connectivity index (χ2n) is 8.03. The van der Waals surface area contributed by atoms with E-state index in [-0.39, 0.29) is 4.64 Å². The molecule has 36 heavy (non-hydrogen) atoms. The summed E-state index contributed by atoms with van der Waals surface area (Å²) in [5.74, 6) is 1.18. The van der Waals surface area contributed by atoms with Crippen LogP contribution in [0.5, 0.6) is 11.5 Å². The molecule has 1 fully saturated rings. The third-order valence-corrected chi connectivity index (χ3v) is 6.50. The van der Waals surface area contributed by atoms with E-state index in [0.717, 1.165) is 10.1 Å². The summed E-state index contributed by atoms with van der Waals surface area (Å²) in [6.07, 6.45) is -4.05. The number of rotatable bonds is 8. The average Bonchev–Trinajstić information content (AvgIpc) is 3.09. The number of phosphoric acid groups is 1. The molecule has 2 aromatic carbocycles. The molecule has 4 rings (SSSR count). The Hall–Kier alpha value is -2.38. The molecule has 3 aromatic rings. The third-order valence-electron chi connectivity index (χ3n) is 5.40. The Morgan fingerprint density at radius 2 is 1.83 bits per heavy atom. The van der Waals surface area contributed by atoms with Crippen LogP contribution in [0, 0.1) is 4.64 Å². The number of aliphatic hydroxyl groups is 2. The first-order valence-corrected chi connectivity index (χ1v) is 12.9. The summed E-state index contributed by atoms with van der Waals surface area (Å²) in [6, 6.07) is 14.1. The molecule has 1 aliphatic heterocycles. The van der Waals surface area contributed by atoms with Gasteiger partial charge in [-0.05, 0) is 42.0 Å². The Kier molecular flexibility index (Phi) is 8.10. The first kappa shape index (κ1) is 26.7. The molecule has 1 aromatic heterocycles. The normalized spacial score (nSPS) is 22.0. The number of hydrogen-bond donors (Lipinski definition) is 5. The highest BCUT2D eigenvalue weighted by Gasteiger charge is 2.45. The van der Waals surface area contributed by atoms with Crippen LogP contribution in [0.25, 0.3) is 0 Å². The number of aromatic amines is 1. The van der Waals surface area contributed by atoms with Crippen molar-refractivity contribution in [3.05, 3.63) is 86.0 Å². The predicted molar refractivity (Wildman–Crippen MR) is 131 cm³/mol. The van der Waals surface area contributed by atoms with Gasteiger partial charge in [-0.1, -0.05) is 36.0 Å². The third kappa shape index (κ3) is 6.48. The highest BCUT2D eigenvalue weighted by atomic mass is 35.5. The summed E-state index contributed by atoms with van der Waals surface area (Å²) in [5.41, 5.74) is 0.636. The molecular formula is C22H22ClN2O9PS. The summed E-state index contributed by atoms with van der Waals surface area (Å²) in [6.45, 7) is -0.691. The Morgan fingerprint density at radius 3 is 2.53 bits per heavy atom. The summed E-state index contributed by atoms with van der Waals surface area (Å²) >= 11 is 11.2. The van der Waals surface area contributed by atoms with Crippen molar-refractivity contribution in [3.63, 3.8) is 0 Å². The molecule has 192 valence electrons. The Labute approximate surface area is 214 Å². The fourth-order valence-electron chi connectivity index (χ4n) is 3.69. The van der Waals surface area contributed by atoms with E-state index in [0.29, 0.717) is 28.5 Å². The Bertz CT molecular complexity index is 1390. The van der Waals surface area contributed by atoms with Crippen molar-refractivity contribution in [2.75, 3.05) is 6.61 Å². The maximum atomic E-state index is 12.6. The van der Waals surface area contributed by atoms with Crippen LogP contribution < -0.4 is 10.4 Å². The van der Waals surface area contributed by atoms with Gasteiger partial charge in [-0.2, -0.15) is 0 Å². The number of nitrogens with one attached hydrogen (secondary N) is 1. The number of ether oxygens (including phenoxy) is 2. The predicted octanol–water partition coefficient (Wildman–Crippen LogP) is 2.67. The molecule has 0 saturated carbocycles. The average molecular weight is 557 g/mol. The van der Waals surface area contributed by atoms with Gasteiger partial charge in [0, 0.05) is 23.2 Å². The molecular weight excluding hydrogens is 535 g/mol. The van der Waals surface area contributed by atoms with Gasteiger partial charge in [0.15, 0.2) is 6.23 Å². The van der Waals surface area contributed by atoms with Crippen LogP contribution in [-0.2, 0) is 20.2 Å². The number of nitrogens with zero attached hydrogens (tertiary/aromatic N) is 1. The van der Waals surface area contributed by atoms with Crippen molar-refractivity contribution >= 4 is 31.6 Å². The van der Waals surface area contributed by atoms with E-state index in [1.165, 1.54) is 6.20 Å². The zero-order valence-corrected chi connectivity index (χ0v) is 20.9. The quantitative estimate of drug-likeness (QED) is 0.206. The molecule has 0 radical (unpaired) electrons. The molecule has 14 heteroatoms. The molecule has 4 atom stereocenters. The number of halogens is 1. The van der Waals surface area contributed by atoms with Gasteiger partial charge in [0.2, 0.25) is 0 Å². The number of H-pyrrole nitrogens is 1. The molecule has 0 amide bonds. The minimum atomic E-state index is -4.83. The second kappa shape index (κ2) is 10.9. The number of aliphatic hydroxyl groups excluding tert-OH is 2. The van der Waals surface area contributed by atoms with Gasteiger partial charge >= 0.3 is 13.5 Å². The van der Waals surface area contributed by atoms with Crippen molar-refractivity contribution < 1.29 is 38.6 Å². The Morgan fingerprint density at radius 1 is 1.11 bits per heavy atom. The standard InChI is InChI=1S/C22H22ClN2O9PS/c23-14-4-6-15(7-5-14)33-16-3-1-2-12(9-16)8-13-10-25(22(28)24-20(13)36)21-19(27)18(26)17(34-21)11-32-35(29,30)31/h1-7,9-10,17-19,21,26-27H,8,11H2,(H,24,28,36)(H2,29,30,31)/t17-,18-,19-,21-/m1/s1. The lowest BCUT2D eigenvalue weighted by Gasteiger charge is -2.18. The first-order valence-electron chi connectivity index (χ1n) is 10.6. The van der Waals surface area contributed by atoms with Crippen molar-refractivity contribution in [1.29, 1.82) is 0 Å². The van der Waals surface area contributed by atoms with Crippen LogP contribution in [0.1, 0.15) is 17.4 Å². The zero-order valence-electron chi connectivity index (χ0n) is 18.4. The topological polar surface area (TPSA) is 163 Å². The molecule has 1 saturated heterocycles. The lowest BCUT2D eigenvalue weighted by atomic mass is 10.1. The van der Waals surface area contributed by atoms with Crippen LogP contribution >= 0.6 is 31.6 Å². The van der Waals surface area contributed by atoms with Crippen molar-refractivity contribution in [1.82, 2.24) is 9.55 Å². The van der Waals surface area contributed by atoms with E-state index in [1.54, 1.807) is 42.5 Å². The van der Waals surface area contributed by atoms with Crippen LogP contribution in [0.15, 0.2) is 59.5 Å². The molecule has 0 unspecified atom stereocenters. The number of phosphoric ester groups is 1.